The Bertz CT molecular complexity index is 1420. The van der Waals surface area contributed by atoms with Crippen LogP contribution in [0.5, 0.6) is 0 Å². The van der Waals surface area contributed by atoms with Crippen molar-refractivity contribution in [1.82, 2.24) is 4.90 Å². The summed E-state index contributed by atoms with van der Waals surface area (Å²) < 4.78 is 43.5. The van der Waals surface area contributed by atoms with Gasteiger partial charge in [-0.25, -0.2) is 0 Å². The lowest BCUT2D eigenvalue weighted by atomic mass is 9.74. The van der Waals surface area contributed by atoms with Crippen LogP contribution in [-0.4, -0.2) is 160 Å². The number of Topliss-reactive ketones (excluding diaryl/α,β-unsaturated/α-hetero) is 1. The van der Waals surface area contributed by atoms with Gasteiger partial charge < -0.3 is 63.6 Å². The molecule has 0 aromatic rings. The number of cyclic esters (lactones) is 1. The van der Waals surface area contributed by atoms with Gasteiger partial charge >= 0.3 is 17.9 Å². The van der Waals surface area contributed by atoms with E-state index in [1.165, 1.54) is 27.9 Å². The number of methoxy groups -OCH3 is 1. The third-order valence-electron chi connectivity index (χ3n) is 12.8. The van der Waals surface area contributed by atoms with Crippen molar-refractivity contribution < 1.29 is 77.9 Å². The Morgan fingerprint density at radius 1 is 0.898 bits per heavy atom. The molecule has 17 nitrogen and oxygen atoms in total. The van der Waals surface area contributed by atoms with E-state index >= 15 is 0 Å². The number of esters is 2. The molecule has 0 spiro atoms. The van der Waals surface area contributed by atoms with Crippen LogP contribution >= 0.6 is 0 Å². The quantitative estimate of drug-likeness (QED) is 0.178. The van der Waals surface area contributed by atoms with Crippen molar-refractivity contribution in [2.24, 2.45) is 23.7 Å². The number of nitrogens with zero attached hydrogens (tertiary/aromatic N) is 1. The van der Waals surface area contributed by atoms with Gasteiger partial charge in [-0.3, -0.25) is 19.2 Å². The number of carbonyl (C=O) groups excluding carboxylic acids is 3. The van der Waals surface area contributed by atoms with Gasteiger partial charge in [0.25, 0.3) is 0 Å². The summed E-state index contributed by atoms with van der Waals surface area (Å²) >= 11 is 0. The van der Waals surface area contributed by atoms with E-state index < -0.39 is 119 Å². The maximum atomic E-state index is 14.3. The Balaban J connectivity index is 2.13. The number of carbonyl (C=O) groups is 4. The van der Waals surface area contributed by atoms with E-state index in [0.717, 1.165) is 0 Å². The van der Waals surface area contributed by atoms with Crippen LogP contribution in [-0.2, 0) is 52.3 Å². The predicted molar refractivity (Wildman–Crippen MR) is 212 cm³/mol. The molecular formula is C42H73NO16. The molecule has 59 heavy (non-hydrogen) atoms. The molecule has 5 N–H and O–H groups in total. The van der Waals surface area contributed by atoms with Gasteiger partial charge in [0.2, 0.25) is 0 Å². The standard InChI is InChI=1S/C42H73NO16/c1-14-28-42(10,52)35(49)23(4)32(47)21(2)19-40(8,51)36(59-39-33(48)27(43(11)12)18-22(3)54-39)24(5)34(25(6)38(50)56-28)58-31-20-41(9,53-13)37(26(7)55-31)57-30(46)17-15-16-29(44)45/h21-28,31,33-37,39,48-49,51-52H,14-20H2,1-13H3,(H,44,45)/t21-,22?,23+,24+,25+,26?,27?,28-,31?,33?,34+,35-,36-,37?,39?,40-,41?,42-/m0/s1. The fourth-order valence-corrected chi connectivity index (χ4v) is 9.20. The largest absolute Gasteiger partial charge is 0.481 e. The van der Waals surface area contributed by atoms with E-state index in [-0.39, 0.29) is 50.7 Å². The molecule has 18 atom stereocenters. The normalized spacial score (nSPS) is 44.4. The van der Waals surface area contributed by atoms with E-state index in [0.29, 0.717) is 6.42 Å². The van der Waals surface area contributed by atoms with E-state index in [9.17, 15) is 39.6 Å². The van der Waals surface area contributed by atoms with Gasteiger partial charge in [0.05, 0.1) is 42.0 Å². The lowest BCUT2D eigenvalue weighted by Crippen LogP contribution is -2.61. The summed E-state index contributed by atoms with van der Waals surface area (Å²) in [6.07, 6.45) is -10.8. The molecule has 0 aromatic heterocycles. The summed E-state index contributed by atoms with van der Waals surface area (Å²) in [5, 5.41) is 56.1. The number of aliphatic hydroxyl groups excluding tert-OH is 2. The number of rotatable bonds is 12. The highest BCUT2D eigenvalue weighted by Crippen LogP contribution is 2.41. The number of likely N-dealkylation sites (N-methyl/N-ethyl adjacent to an activating group) is 1. The van der Waals surface area contributed by atoms with Gasteiger partial charge in [-0.05, 0) is 81.3 Å². The van der Waals surface area contributed by atoms with Crippen LogP contribution in [0.25, 0.3) is 0 Å². The van der Waals surface area contributed by atoms with Crippen LogP contribution in [0.3, 0.4) is 0 Å². The Morgan fingerprint density at radius 3 is 2.08 bits per heavy atom. The van der Waals surface area contributed by atoms with Crippen molar-refractivity contribution in [3.63, 3.8) is 0 Å². The van der Waals surface area contributed by atoms with Gasteiger partial charge in [0.15, 0.2) is 18.7 Å². The summed E-state index contributed by atoms with van der Waals surface area (Å²) in [6.45, 7) is 16.1. The second kappa shape index (κ2) is 20.7. The molecule has 17 heteroatoms. The maximum Gasteiger partial charge on any atom is 0.311 e. The van der Waals surface area contributed by atoms with Gasteiger partial charge in [0, 0.05) is 50.2 Å². The Labute approximate surface area is 349 Å². The lowest BCUT2D eigenvalue weighted by Gasteiger charge is -2.49. The zero-order valence-electron chi connectivity index (χ0n) is 37.3. The summed E-state index contributed by atoms with van der Waals surface area (Å²) in [5.74, 6) is -6.97. The van der Waals surface area contributed by atoms with Gasteiger partial charge in [-0.15, -0.1) is 0 Å². The SMILES string of the molecule is CC[C@@H]1OC(=O)[C@H](C)[C@H](OC2CC(C)(OC)C(OC(=O)CCCC(=O)O)C(C)O2)[C@@H](C)[C@H](OC2OC(C)CC(N(C)C)C2O)[C@@](C)(O)C[C@H](C)C(=O)[C@@H](C)[C@H](O)[C@@]1(C)O. The first kappa shape index (κ1) is 51.0. The van der Waals surface area contributed by atoms with Crippen LogP contribution in [0, 0.1) is 23.7 Å². The van der Waals surface area contributed by atoms with Crippen molar-refractivity contribution >= 4 is 23.7 Å². The third-order valence-corrected chi connectivity index (χ3v) is 12.8. The Morgan fingerprint density at radius 2 is 1.53 bits per heavy atom. The van der Waals surface area contributed by atoms with E-state index in [4.69, 9.17) is 38.3 Å². The molecule has 0 saturated carbocycles. The van der Waals surface area contributed by atoms with E-state index in [1.807, 2.05) is 25.9 Å². The van der Waals surface area contributed by atoms with Crippen LogP contribution < -0.4 is 0 Å². The number of ketones is 1. The second-order valence-electron chi connectivity index (χ2n) is 18.2. The molecule has 0 bridgehead atoms. The molecule has 3 aliphatic rings. The summed E-state index contributed by atoms with van der Waals surface area (Å²) in [7, 11) is 5.10. The zero-order chi connectivity index (χ0) is 44.9. The Kier molecular flexibility index (Phi) is 17.9. The molecule has 3 rings (SSSR count). The highest BCUT2D eigenvalue weighted by Gasteiger charge is 2.54. The first-order valence-electron chi connectivity index (χ1n) is 21.0. The summed E-state index contributed by atoms with van der Waals surface area (Å²) in [6, 6.07) is -0.367. The number of hydrogen-bond donors (Lipinski definition) is 5. The van der Waals surface area contributed by atoms with Crippen LogP contribution in [0.4, 0.5) is 0 Å². The molecule has 0 aliphatic carbocycles. The molecule has 0 radical (unpaired) electrons. The average molecular weight is 848 g/mol. The van der Waals surface area contributed by atoms with Crippen LogP contribution in [0.1, 0.15) is 114 Å². The number of hydrogen-bond acceptors (Lipinski definition) is 16. The molecular weight excluding hydrogens is 774 g/mol. The highest BCUT2D eigenvalue weighted by atomic mass is 16.7. The third kappa shape index (κ3) is 12.2. The van der Waals surface area contributed by atoms with Gasteiger partial charge in [-0.1, -0.05) is 27.7 Å². The average Bonchev–Trinajstić information content (AvgIpc) is 3.14. The zero-order valence-corrected chi connectivity index (χ0v) is 37.3. The smallest absolute Gasteiger partial charge is 0.311 e. The summed E-state index contributed by atoms with van der Waals surface area (Å²) in [5.41, 5.74) is -5.09. The minimum Gasteiger partial charge on any atom is -0.481 e. The minimum atomic E-state index is -2.05. The van der Waals surface area contributed by atoms with Crippen molar-refractivity contribution in [3.05, 3.63) is 0 Å². The van der Waals surface area contributed by atoms with Crippen molar-refractivity contribution in [1.29, 1.82) is 0 Å². The molecule has 3 aliphatic heterocycles. The maximum absolute atomic E-state index is 14.3. The van der Waals surface area contributed by atoms with Crippen molar-refractivity contribution in [2.45, 2.75) is 198 Å². The molecule has 342 valence electrons. The van der Waals surface area contributed by atoms with E-state index in [2.05, 4.69) is 0 Å². The van der Waals surface area contributed by atoms with E-state index in [1.54, 1.807) is 41.5 Å². The fraction of sp³-hybridized carbons (Fsp3) is 0.905. The van der Waals surface area contributed by atoms with Crippen molar-refractivity contribution in [3.8, 4) is 0 Å². The van der Waals surface area contributed by atoms with Crippen molar-refractivity contribution in [2.75, 3.05) is 21.2 Å². The molecule has 0 amide bonds. The number of carboxylic acids is 1. The first-order chi connectivity index (χ1) is 27.2. The molecule has 3 fully saturated rings. The van der Waals surface area contributed by atoms with Crippen LogP contribution in [0.2, 0.25) is 0 Å². The first-order valence-corrected chi connectivity index (χ1v) is 21.0. The lowest BCUT2D eigenvalue weighted by molar-refractivity contribution is -0.318. The van der Waals surface area contributed by atoms with Gasteiger partial charge in [0.1, 0.15) is 29.2 Å². The minimum absolute atomic E-state index is 0.0117. The second-order valence-corrected chi connectivity index (χ2v) is 18.2. The summed E-state index contributed by atoms with van der Waals surface area (Å²) in [4.78, 5) is 53.8. The Hall–Kier alpha value is -2.32. The molecule has 3 heterocycles. The number of carboxylic acid groups (broad SMARTS) is 1. The predicted octanol–water partition coefficient (Wildman–Crippen LogP) is 2.59. The molecule has 0 aromatic carbocycles. The van der Waals surface area contributed by atoms with Crippen LogP contribution in [0.15, 0.2) is 0 Å². The molecule has 3 saturated heterocycles. The monoisotopic (exact) mass is 847 g/mol. The number of ether oxygens (including phenoxy) is 7. The highest BCUT2D eigenvalue weighted by molar-refractivity contribution is 5.83. The van der Waals surface area contributed by atoms with Gasteiger partial charge in [-0.2, -0.15) is 0 Å². The molecule has 8 unspecified atom stereocenters. The number of aliphatic carboxylic acids is 1. The topological polar surface area (TPSA) is 237 Å². The fourth-order valence-electron chi connectivity index (χ4n) is 9.20. The number of aliphatic hydroxyl groups is 4.